The first-order chi connectivity index (χ1) is 8.07. The first-order valence-corrected chi connectivity index (χ1v) is 7.36. The number of hydrogen-bond donors (Lipinski definition) is 1. The van der Waals surface area contributed by atoms with E-state index in [0.717, 1.165) is 12.8 Å². The molecule has 0 heterocycles. The number of nitrogens with two attached hydrogens (primary N) is 1. The molecule has 1 saturated carbocycles. The molecule has 1 aliphatic rings. The zero-order valence-electron chi connectivity index (χ0n) is 9.63. The second-order valence-electron chi connectivity index (χ2n) is 4.45. The molecule has 5 heteroatoms. The SMILES string of the molecule is NS(=O)(=O)c1ccccc1OCC1CCCC1. The second-order valence-corrected chi connectivity index (χ2v) is 5.98. The van der Waals surface area contributed by atoms with Gasteiger partial charge in [0.05, 0.1) is 6.61 Å². The van der Waals surface area contributed by atoms with Crippen molar-refractivity contribution in [2.24, 2.45) is 11.1 Å². The van der Waals surface area contributed by atoms with Crippen molar-refractivity contribution in [3.8, 4) is 5.75 Å². The van der Waals surface area contributed by atoms with Crippen LogP contribution in [-0.2, 0) is 10.0 Å². The van der Waals surface area contributed by atoms with Gasteiger partial charge in [-0.25, -0.2) is 13.6 Å². The van der Waals surface area contributed by atoms with Crippen LogP contribution >= 0.6 is 0 Å². The summed E-state index contributed by atoms with van der Waals surface area (Å²) < 4.78 is 28.3. The molecule has 0 unspecified atom stereocenters. The van der Waals surface area contributed by atoms with E-state index in [1.807, 2.05) is 0 Å². The van der Waals surface area contributed by atoms with Gasteiger partial charge in [-0.3, -0.25) is 0 Å². The predicted octanol–water partition coefficient (Wildman–Crippen LogP) is 1.90. The van der Waals surface area contributed by atoms with Crippen molar-refractivity contribution in [2.45, 2.75) is 30.6 Å². The molecule has 1 aromatic carbocycles. The van der Waals surface area contributed by atoms with Gasteiger partial charge in [0, 0.05) is 0 Å². The Labute approximate surface area is 102 Å². The maximum Gasteiger partial charge on any atom is 0.241 e. The lowest BCUT2D eigenvalue weighted by Gasteiger charge is -2.13. The van der Waals surface area contributed by atoms with E-state index in [2.05, 4.69) is 0 Å². The normalized spacial score (nSPS) is 17.2. The Kier molecular flexibility index (Phi) is 3.69. The summed E-state index contributed by atoms with van der Waals surface area (Å²) in [6.45, 7) is 0.576. The number of hydrogen-bond acceptors (Lipinski definition) is 3. The van der Waals surface area contributed by atoms with E-state index in [9.17, 15) is 8.42 Å². The average Bonchev–Trinajstić information content (AvgIpc) is 2.78. The van der Waals surface area contributed by atoms with Crippen LogP contribution in [0.25, 0.3) is 0 Å². The highest BCUT2D eigenvalue weighted by atomic mass is 32.2. The molecule has 2 rings (SSSR count). The molecule has 1 aromatic rings. The summed E-state index contributed by atoms with van der Waals surface area (Å²) in [5.74, 6) is 0.908. The standard InChI is InChI=1S/C12H17NO3S/c13-17(14,15)12-8-4-3-7-11(12)16-9-10-5-1-2-6-10/h3-4,7-8,10H,1-2,5-6,9H2,(H2,13,14,15). The van der Waals surface area contributed by atoms with Crippen molar-refractivity contribution in [3.05, 3.63) is 24.3 Å². The van der Waals surface area contributed by atoms with Crippen molar-refractivity contribution >= 4 is 10.0 Å². The van der Waals surface area contributed by atoms with Crippen LogP contribution in [0.15, 0.2) is 29.2 Å². The van der Waals surface area contributed by atoms with Gasteiger partial charge in [-0.2, -0.15) is 0 Å². The minimum Gasteiger partial charge on any atom is -0.492 e. The van der Waals surface area contributed by atoms with E-state index in [-0.39, 0.29) is 4.90 Å². The lowest BCUT2D eigenvalue weighted by Crippen LogP contribution is -2.15. The quantitative estimate of drug-likeness (QED) is 0.893. The third-order valence-electron chi connectivity index (χ3n) is 3.10. The average molecular weight is 255 g/mol. The Morgan fingerprint density at radius 1 is 1.24 bits per heavy atom. The lowest BCUT2D eigenvalue weighted by molar-refractivity contribution is 0.246. The first-order valence-electron chi connectivity index (χ1n) is 5.82. The molecule has 0 radical (unpaired) electrons. The third kappa shape index (κ3) is 3.20. The van der Waals surface area contributed by atoms with Gasteiger partial charge in [0.1, 0.15) is 10.6 Å². The molecule has 0 saturated heterocycles. The minimum absolute atomic E-state index is 0.0676. The van der Waals surface area contributed by atoms with Gasteiger partial charge in [-0.05, 0) is 30.9 Å². The monoisotopic (exact) mass is 255 g/mol. The zero-order chi connectivity index (χ0) is 12.3. The van der Waals surface area contributed by atoms with Crippen LogP contribution in [0.2, 0.25) is 0 Å². The van der Waals surface area contributed by atoms with Crippen LogP contribution in [0.3, 0.4) is 0 Å². The molecule has 0 atom stereocenters. The molecule has 4 nitrogen and oxygen atoms in total. The number of sulfonamides is 1. The third-order valence-corrected chi connectivity index (χ3v) is 4.06. The number of primary sulfonamides is 1. The number of benzene rings is 1. The Bertz CT molecular complexity index is 478. The van der Waals surface area contributed by atoms with E-state index in [1.165, 1.54) is 18.9 Å². The van der Waals surface area contributed by atoms with Gasteiger partial charge >= 0.3 is 0 Å². The van der Waals surface area contributed by atoms with Crippen molar-refractivity contribution < 1.29 is 13.2 Å². The number of ether oxygens (including phenoxy) is 1. The Balaban J connectivity index is 2.09. The van der Waals surface area contributed by atoms with E-state index in [4.69, 9.17) is 9.88 Å². The summed E-state index contributed by atoms with van der Waals surface area (Å²) in [5, 5.41) is 5.13. The Morgan fingerprint density at radius 2 is 1.88 bits per heavy atom. The fourth-order valence-corrected chi connectivity index (χ4v) is 2.86. The Hall–Kier alpha value is -1.07. The molecule has 0 aliphatic heterocycles. The smallest absolute Gasteiger partial charge is 0.241 e. The van der Waals surface area contributed by atoms with Gasteiger partial charge < -0.3 is 4.74 Å². The van der Waals surface area contributed by atoms with E-state index < -0.39 is 10.0 Å². The van der Waals surface area contributed by atoms with Gasteiger partial charge in [0.15, 0.2) is 0 Å². The van der Waals surface area contributed by atoms with Gasteiger partial charge in [-0.15, -0.1) is 0 Å². The molecule has 17 heavy (non-hydrogen) atoms. The maximum absolute atomic E-state index is 11.3. The molecule has 94 valence electrons. The van der Waals surface area contributed by atoms with Crippen LogP contribution in [0.5, 0.6) is 5.75 Å². The topological polar surface area (TPSA) is 69.4 Å². The van der Waals surface area contributed by atoms with Gasteiger partial charge in [0.2, 0.25) is 10.0 Å². The minimum atomic E-state index is -3.70. The fraction of sp³-hybridized carbons (Fsp3) is 0.500. The summed E-state index contributed by atoms with van der Waals surface area (Å²) in [4.78, 5) is 0.0676. The van der Waals surface area contributed by atoms with Crippen LogP contribution in [-0.4, -0.2) is 15.0 Å². The van der Waals surface area contributed by atoms with Crippen molar-refractivity contribution in [1.82, 2.24) is 0 Å². The summed E-state index contributed by atoms with van der Waals surface area (Å²) in [5.41, 5.74) is 0. The largest absolute Gasteiger partial charge is 0.492 e. The molecular formula is C12H17NO3S. The van der Waals surface area contributed by atoms with E-state index in [0.29, 0.717) is 18.3 Å². The first kappa shape index (κ1) is 12.4. The van der Waals surface area contributed by atoms with E-state index >= 15 is 0 Å². The molecule has 0 aromatic heterocycles. The summed E-state index contributed by atoms with van der Waals surface area (Å²) >= 11 is 0. The highest BCUT2D eigenvalue weighted by molar-refractivity contribution is 7.89. The molecular weight excluding hydrogens is 238 g/mol. The van der Waals surface area contributed by atoms with Gasteiger partial charge in [0.25, 0.3) is 0 Å². The van der Waals surface area contributed by atoms with E-state index in [1.54, 1.807) is 18.2 Å². The predicted molar refractivity (Wildman–Crippen MR) is 65.3 cm³/mol. The maximum atomic E-state index is 11.3. The molecule has 2 N–H and O–H groups in total. The number of para-hydroxylation sites is 1. The van der Waals surface area contributed by atoms with Crippen LogP contribution in [0.4, 0.5) is 0 Å². The molecule has 1 fully saturated rings. The van der Waals surface area contributed by atoms with Crippen LogP contribution in [0, 0.1) is 5.92 Å². The highest BCUT2D eigenvalue weighted by Crippen LogP contribution is 2.27. The van der Waals surface area contributed by atoms with Crippen molar-refractivity contribution in [2.75, 3.05) is 6.61 Å². The molecule has 0 amide bonds. The summed E-state index contributed by atoms with van der Waals surface area (Å²) in [6.07, 6.45) is 4.81. The van der Waals surface area contributed by atoms with Crippen molar-refractivity contribution in [1.29, 1.82) is 0 Å². The fourth-order valence-electron chi connectivity index (χ4n) is 2.19. The van der Waals surface area contributed by atoms with Crippen LogP contribution < -0.4 is 9.88 Å². The lowest BCUT2D eigenvalue weighted by atomic mass is 10.1. The zero-order valence-corrected chi connectivity index (χ0v) is 10.4. The Morgan fingerprint density at radius 3 is 2.53 bits per heavy atom. The highest BCUT2D eigenvalue weighted by Gasteiger charge is 2.18. The summed E-state index contributed by atoms with van der Waals surface area (Å²) in [6, 6.07) is 6.51. The number of rotatable bonds is 4. The molecule has 1 aliphatic carbocycles. The van der Waals surface area contributed by atoms with Crippen LogP contribution in [0.1, 0.15) is 25.7 Å². The molecule has 0 bridgehead atoms. The summed E-state index contributed by atoms with van der Waals surface area (Å²) in [7, 11) is -3.70. The second kappa shape index (κ2) is 5.06. The van der Waals surface area contributed by atoms with Crippen molar-refractivity contribution in [3.63, 3.8) is 0 Å². The van der Waals surface area contributed by atoms with Gasteiger partial charge in [-0.1, -0.05) is 25.0 Å². The molecule has 0 spiro atoms.